The van der Waals surface area contributed by atoms with E-state index < -0.39 is 6.10 Å². The van der Waals surface area contributed by atoms with E-state index in [2.05, 4.69) is 17.1 Å². The monoisotopic (exact) mass is 284 g/mol. The minimum absolute atomic E-state index is 0.318. The second-order valence-electron chi connectivity index (χ2n) is 4.21. The summed E-state index contributed by atoms with van der Waals surface area (Å²) >= 11 is 0. The van der Waals surface area contributed by atoms with Crippen molar-refractivity contribution >= 4 is 12.1 Å². The van der Waals surface area contributed by atoms with Gasteiger partial charge in [0.2, 0.25) is 0 Å². The van der Waals surface area contributed by atoms with Crippen molar-refractivity contribution < 1.29 is 9.53 Å². The van der Waals surface area contributed by atoms with Crippen molar-refractivity contribution in [3.8, 4) is 0 Å². The van der Waals surface area contributed by atoms with Gasteiger partial charge in [-0.3, -0.25) is 4.79 Å². The van der Waals surface area contributed by atoms with Crippen molar-refractivity contribution in [2.24, 2.45) is 5.10 Å². The average Bonchev–Trinajstić information content (AvgIpc) is 2.48. The highest BCUT2D eigenvalue weighted by atomic mass is 16.5. The van der Waals surface area contributed by atoms with Gasteiger partial charge in [-0.05, 0) is 31.6 Å². The lowest BCUT2D eigenvalue weighted by molar-refractivity contribution is -0.129. The molecule has 0 aliphatic rings. The third-order valence-corrected chi connectivity index (χ3v) is 2.48. The number of nitrogens with zero attached hydrogens (tertiary/aromatic N) is 1. The predicted octanol–water partition coefficient (Wildman–Crippen LogP) is 3.19. The SMILES string of the molecule is C=C/C=C(\C=C/C)OC(C)C(=O)N/N=C/c1ccccc1. The highest BCUT2D eigenvalue weighted by Gasteiger charge is 2.13. The molecule has 0 bridgehead atoms. The van der Waals surface area contributed by atoms with E-state index in [9.17, 15) is 4.79 Å². The maximum absolute atomic E-state index is 11.9. The predicted molar refractivity (Wildman–Crippen MR) is 85.8 cm³/mol. The van der Waals surface area contributed by atoms with Gasteiger partial charge in [0.15, 0.2) is 6.10 Å². The van der Waals surface area contributed by atoms with Gasteiger partial charge in [0.1, 0.15) is 5.76 Å². The second kappa shape index (κ2) is 9.31. The highest BCUT2D eigenvalue weighted by Crippen LogP contribution is 2.05. The van der Waals surface area contributed by atoms with E-state index in [-0.39, 0.29) is 5.91 Å². The van der Waals surface area contributed by atoms with Crippen LogP contribution in [0.1, 0.15) is 19.4 Å². The Labute approximate surface area is 125 Å². The van der Waals surface area contributed by atoms with E-state index in [1.165, 1.54) is 0 Å². The fraction of sp³-hybridized carbons (Fsp3) is 0.176. The van der Waals surface area contributed by atoms with Crippen LogP contribution in [0.5, 0.6) is 0 Å². The van der Waals surface area contributed by atoms with Gasteiger partial charge in [-0.2, -0.15) is 5.10 Å². The van der Waals surface area contributed by atoms with Crippen molar-refractivity contribution in [2.45, 2.75) is 20.0 Å². The van der Waals surface area contributed by atoms with Gasteiger partial charge in [-0.15, -0.1) is 0 Å². The van der Waals surface area contributed by atoms with Crippen molar-refractivity contribution in [1.29, 1.82) is 0 Å². The van der Waals surface area contributed by atoms with Crippen LogP contribution in [0.15, 0.2) is 72.1 Å². The molecule has 21 heavy (non-hydrogen) atoms. The number of carbonyl (C=O) groups is 1. The zero-order valence-electron chi connectivity index (χ0n) is 12.3. The van der Waals surface area contributed by atoms with E-state index in [4.69, 9.17) is 4.74 Å². The van der Waals surface area contributed by atoms with Crippen LogP contribution in [0.3, 0.4) is 0 Å². The standard InChI is InChI=1S/C17H20N2O2/c1-4-9-16(10-5-2)21-14(3)17(20)19-18-13-15-11-7-6-8-12-15/h4-14H,1H2,2-3H3,(H,19,20)/b10-5-,16-9+,18-13+. The first-order chi connectivity index (χ1) is 10.2. The number of benzene rings is 1. The Kier molecular flexibility index (Phi) is 7.29. The molecule has 0 aliphatic carbocycles. The lowest BCUT2D eigenvalue weighted by Gasteiger charge is -2.13. The Morgan fingerprint density at radius 2 is 2.10 bits per heavy atom. The molecule has 1 atom stereocenters. The van der Waals surface area contributed by atoms with Crippen molar-refractivity contribution in [3.63, 3.8) is 0 Å². The molecule has 0 fully saturated rings. The highest BCUT2D eigenvalue weighted by molar-refractivity contribution is 5.84. The summed E-state index contributed by atoms with van der Waals surface area (Å²) < 4.78 is 5.51. The van der Waals surface area contributed by atoms with Crippen LogP contribution in [0.25, 0.3) is 0 Å². The lowest BCUT2D eigenvalue weighted by Crippen LogP contribution is -2.31. The van der Waals surface area contributed by atoms with Crippen LogP contribution >= 0.6 is 0 Å². The zero-order valence-corrected chi connectivity index (χ0v) is 12.3. The molecule has 1 unspecified atom stereocenters. The molecule has 0 saturated heterocycles. The Balaban J connectivity index is 2.53. The van der Waals surface area contributed by atoms with Crippen LogP contribution in [-0.4, -0.2) is 18.2 Å². The summed E-state index contributed by atoms with van der Waals surface area (Å²) in [7, 11) is 0. The van der Waals surface area contributed by atoms with Crippen molar-refractivity contribution in [3.05, 3.63) is 72.5 Å². The van der Waals surface area contributed by atoms with E-state index in [0.717, 1.165) is 5.56 Å². The Morgan fingerprint density at radius 1 is 1.38 bits per heavy atom. The molecule has 4 heteroatoms. The Bertz CT molecular complexity index is 545. The van der Waals surface area contributed by atoms with E-state index in [1.807, 2.05) is 43.3 Å². The summed E-state index contributed by atoms with van der Waals surface area (Å²) in [5.74, 6) is 0.254. The summed E-state index contributed by atoms with van der Waals surface area (Å²) in [5.41, 5.74) is 3.36. The van der Waals surface area contributed by atoms with Crippen LogP contribution in [-0.2, 0) is 9.53 Å². The average molecular weight is 284 g/mol. The Hall–Kier alpha value is -2.62. The summed E-state index contributed by atoms with van der Waals surface area (Å²) in [4.78, 5) is 11.9. The van der Waals surface area contributed by atoms with Gasteiger partial charge in [-0.1, -0.05) is 49.1 Å². The number of ether oxygens (including phenoxy) is 1. The van der Waals surface area contributed by atoms with Gasteiger partial charge in [0.25, 0.3) is 5.91 Å². The zero-order chi connectivity index (χ0) is 15.5. The molecule has 1 N–H and O–H groups in total. The third-order valence-electron chi connectivity index (χ3n) is 2.48. The molecule has 1 amide bonds. The second-order valence-corrected chi connectivity index (χ2v) is 4.21. The summed E-state index contributed by atoms with van der Waals surface area (Å²) in [6.07, 6.45) is 7.81. The number of carbonyl (C=O) groups excluding carboxylic acids is 1. The molecule has 0 spiro atoms. The van der Waals surface area contributed by atoms with Crippen LogP contribution in [0, 0.1) is 0 Å². The maximum atomic E-state index is 11.9. The first-order valence-corrected chi connectivity index (χ1v) is 6.67. The summed E-state index contributed by atoms with van der Waals surface area (Å²) in [6, 6.07) is 9.51. The molecule has 0 saturated carbocycles. The van der Waals surface area contributed by atoms with Crippen LogP contribution in [0.4, 0.5) is 0 Å². The fourth-order valence-corrected chi connectivity index (χ4v) is 1.47. The number of hydrazone groups is 1. The normalized spacial score (nSPS) is 13.3. The number of amides is 1. The number of hydrogen-bond donors (Lipinski definition) is 1. The minimum Gasteiger partial charge on any atom is -0.481 e. The third kappa shape index (κ3) is 6.38. The van der Waals surface area contributed by atoms with Crippen LogP contribution < -0.4 is 5.43 Å². The van der Waals surface area contributed by atoms with E-state index >= 15 is 0 Å². The molecule has 0 aromatic heterocycles. The summed E-state index contributed by atoms with van der Waals surface area (Å²) in [5, 5.41) is 3.90. The number of allylic oxidation sites excluding steroid dienone is 4. The first kappa shape index (κ1) is 16.4. The molecule has 0 radical (unpaired) electrons. The molecule has 110 valence electrons. The fourth-order valence-electron chi connectivity index (χ4n) is 1.47. The molecular formula is C17H20N2O2. The molecule has 1 rings (SSSR count). The molecule has 0 aliphatic heterocycles. The van der Waals surface area contributed by atoms with Crippen LogP contribution in [0.2, 0.25) is 0 Å². The van der Waals surface area contributed by atoms with Crippen molar-refractivity contribution in [2.75, 3.05) is 0 Å². The number of nitrogens with one attached hydrogen (secondary N) is 1. The minimum atomic E-state index is -0.652. The quantitative estimate of drug-likeness (QED) is 0.362. The smallest absolute Gasteiger partial charge is 0.280 e. The van der Waals surface area contributed by atoms with Gasteiger partial charge < -0.3 is 4.74 Å². The lowest BCUT2D eigenvalue weighted by atomic mass is 10.2. The van der Waals surface area contributed by atoms with Gasteiger partial charge in [0.05, 0.1) is 6.21 Å². The molecule has 1 aromatic rings. The summed E-state index contributed by atoms with van der Waals surface area (Å²) in [6.45, 7) is 7.13. The topological polar surface area (TPSA) is 50.7 Å². The maximum Gasteiger partial charge on any atom is 0.280 e. The molecular weight excluding hydrogens is 264 g/mol. The molecule has 0 heterocycles. The van der Waals surface area contributed by atoms with E-state index in [1.54, 1.807) is 31.4 Å². The molecule has 4 nitrogen and oxygen atoms in total. The first-order valence-electron chi connectivity index (χ1n) is 6.67. The van der Waals surface area contributed by atoms with Gasteiger partial charge in [-0.25, -0.2) is 5.43 Å². The van der Waals surface area contributed by atoms with Gasteiger partial charge in [0, 0.05) is 0 Å². The van der Waals surface area contributed by atoms with Gasteiger partial charge >= 0.3 is 0 Å². The largest absolute Gasteiger partial charge is 0.481 e. The number of rotatable bonds is 7. The van der Waals surface area contributed by atoms with Crippen molar-refractivity contribution in [1.82, 2.24) is 5.43 Å². The molecule has 1 aromatic carbocycles. The van der Waals surface area contributed by atoms with E-state index in [0.29, 0.717) is 5.76 Å². The Morgan fingerprint density at radius 3 is 2.71 bits per heavy atom. The number of hydrogen-bond acceptors (Lipinski definition) is 3.